The van der Waals surface area contributed by atoms with Gasteiger partial charge in [-0.1, -0.05) is 6.08 Å². The molecule has 0 saturated carbocycles. The number of rotatable bonds is 0. The molecule has 1 heterocycles. The molecule has 52 valence electrons. The summed E-state index contributed by atoms with van der Waals surface area (Å²) in [4.78, 5) is 10.9. The highest BCUT2D eigenvalue weighted by Crippen LogP contribution is 2.18. The van der Waals surface area contributed by atoms with E-state index in [0.29, 0.717) is 0 Å². The lowest BCUT2D eigenvalue weighted by atomic mass is 9.98. The van der Waals surface area contributed by atoms with Gasteiger partial charge in [0.15, 0.2) is 0 Å². The van der Waals surface area contributed by atoms with Crippen LogP contribution in [0.3, 0.4) is 0 Å². The molecule has 1 aliphatic heterocycles. The van der Waals surface area contributed by atoms with Gasteiger partial charge < -0.3 is 0 Å². The van der Waals surface area contributed by atoms with Crippen LogP contribution in [0.2, 0.25) is 0 Å². The first-order valence-electron chi connectivity index (χ1n) is 3.45. The van der Waals surface area contributed by atoms with E-state index in [9.17, 15) is 4.79 Å². The quantitative estimate of drug-likeness (QED) is 0.520. The second-order valence-electron chi connectivity index (χ2n) is 2.51. The van der Waals surface area contributed by atoms with E-state index in [1.54, 1.807) is 0 Å². The minimum absolute atomic E-state index is 0.0327. The normalized spacial score (nSPS) is 23.0. The molecule has 0 bridgehead atoms. The Kier molecular flexibility index (Phi) is 1.09. The van der Waals surface area contributed by atoms with Crippen molar-refractivity contribution in [2.45, 2.75) is 19.3 Å². The second kappa shape index (κ2) is 1.94. The molecule has 0 saturated heterocycles. The third-order valence-electron chi connectivity index (χ3n) is 1.81. The average molecular weight is 136 g/mol. The molecular weight excluding hydrogens is 128 g/mol. The maximum absolute atomic E-state index is 10.9. The molecule has 2 rings (SSSR count). The lowest BCUT2D eigenvalue weighted by Crippen LogP contribution is -2.14. The predicted octanol–water partition coefficient (Wildman–Crippen LogP) is 0.583. The molecule has 3 heteroatoms. The van der Waals surface area contributed by atoms with Gasteiger partial charge in [-0.05, 0) is 19.3 Å². The number of hydrazone groups is 1. The van der Waals surface area contributed by atoms with Crippen LogP contribution >= 0.6 is 0 Å². The molecule has 0 unspecified atom stereocenters. The number of nitrogens with one attached hydrogen (secondary N) is 1. The minimum atomic E-state index is -0.0327. The Morgan fingerprint density at radius 1 is 1.60 bits per heavy atom. The second-order valence-corrected chi connectivity index (χ2v) is 2.51. The van der Waals surface area contributed by atoms with Crippen molar-refractivity contribution in [2.24, 2.45) is 5.10 Å². The van der Waals surface area contributed by atoms with Gasteiger partial charge >= 0.3 is 0 Å². The molecule has 0 fully saturated rings. The van der Waals surface area contributed by atoms with Gasteiger partial charge in [0.25, 0.3) is 5.91 Å². The summed E-state index contributed by atoms with van der Waals surface area (Å²) >= 11 is 0. The summed E-state index contributed by atoms with van der Waals surface area (Å²) in [5.41, 5.74) is 4.18. The summed E-state index contributed by atoms with van der Waals surface area (Å²) in [5, 5.41) is 3.89. The van der Waals surface area contributed by atoms with Gasteiger partial charge in [-0.25, -0.2) is 5.43 Å². The molecule has 0 aromatic heterocycles. The largest absolute Gasteiger partial charge is 0.272 e. The summed E-state index contributed by atoms with van der Waals surface area (Å²) in [7, 11) is 0. The first kappa shape index (κ1) is 5.65. The summed E-state index contributed by atoms with van der Waals surface area (Å²) in [6.07, 6.45) is 5.05. The van der Waals surface area contributed by atoms with Crippen molar-refractivity contribution < 1.29 is 4.79 Å². The Labute approximate surface area is 58.8 Å². The number of hydrogen-bond acceptors (Lipinski definition) is 2. The fourth-order valence-corrected chi connectivity index (χ4v) is 1.29. The molecule has 1 aliphatic carbocycles. The van der Waals surface area contributed by atoms with E-state index in [1.165, 1.54) is 0 Å². The number of fused-ring (bicyclic) bond motifs is 1. The van der Waals surface area contributed by atoms with E-state index in [1.807, 2.05) is 6.08 Å². The van der Waals surface area contributed by atoms with Gasteiger partial charge in [0.05, 0.1) is 11.3 Å². The first-order valence-corrected chi connectivity index (χ1v) is 3.45. The fraction of sp³-hybridized carbons (Fsp3) is 0.429. The van der Waals surface area contributed by atoms with Crippen LogP contribution in [-0.2, 0) is 4.79 Å². The SMILES string of the molecule is O=C1NN=C2CCCC=C12. The molecular formula is C7H8N2O. The van der Waals surface area contributed by atoms with Gasteiger partial charge in [0.1, 0.15) is 0 Å². The van der Waals surface area contributed by atoms with Crippen LogP contribution in [0.25, 0.3) is 0 Å². The van der Waals surface area contributed by atoms with Crippen molar-refractivity contribution >= 4 is 11.6 Å². The van der Waals surface area contributed by atoms with Gasteiger partial charge in [0.2, 0.25) is 0 Å². The van der Waals surface area contributed by atoms with E-state index >= 15 is 0 Å². The van der Waals surface area contributed by atoms with E-state index < -0.39 is 0 Å². The van der Waals surface area contributed by atoms with Crippen molar-refractivity contribution in [3.05, 3.63) is 11.6 Å². The van der Waals surface area contributed by atoms with Crippen LogP contribution in [0, 0.1) is 0 Å². The third kappa shape index (κ3) is 0.667. The van der Waals surface area contributed by atoms with Crippen LogP contribution in [-0.4, -0.2) is 11.6 Å². The number of amides is 1. The lowest BCUT2D eigenvalue weighted by Gasteiger charge is -2.05. The van der Waals surface area contributed by atoms with Gasteiger partial charge in [-0.3, -0.25) is 4.79 Å². The van der Waals surface area contributed by atoms with Gasteiger partial charge in [-0.15, -0.1) is 0 Å². The van der Waals surface area contributed by atoms with Crippen molar-refractivity contribution in [3.8, 4) is 0 Å². The summed E-state index contributed by atoms with van der Waals surface area (Å²) in [6.45, 7) is 0. The maximum atomic E-state index is 10.9. The highest BCUT2D eigenvalue weighted by atomic mass is 16.2. The molecule has 0 atom stereocenters. The number of carbonyl (C=O) groups excluding carboxylic acids is 1. The van der Waals surface area contributed by atoms with Gasteiger partial charge in [-0.2, -0.15) is 5.10 Å². The number of allylic oxidation sites excluding steroid dienone is 1. The zero-order valence-electron chi connectivity index (χ0n) is 5.55. The monoisotopic (exact) mass is 136 g/mol. The molecule has 0 aromatic rings. The van der Waals surface area contributed by atoms with Crippen LogP contribution in [0.15, 0.2) is 16.8 Å². The first-order chi connectivity index (χ1) is 4.88. The Balaban J connectivity index is 2.38. The highest BCUT2D eigenvalue weighted by molar-refractivity contribution is 6.25. The summed E-state index contributed by atoms with van der Waals surface area (Å²) in [6, 6.07) is 0. The maximum Gasteiger partial charge on any atom is 0.272 e. The third-order valence-corrected chi connectivity index (χ3v) is 1.81. The molecule has 10 heavy (non-hydrogen) atoms. The summed E-state index contributed by atoms with van der Waals surface area (Å²) in [5.74, 6) is -0.0327. The van der Waals surface area contributed by atoms with Crippen molar-refractivity contribution in [3.63, 3.8) is 0 Å². The van der Waals surface area contributed by atoms with Crippen molar-refractivity contribution in [2.75, 3.05) is 0 Å². The molecule has 2 aliphatic rings. The van der Waals surface area contributed by atoms with Gasteiger partial charge in [0, 0.05) is 0 Å². The van der Waals surface area contributed by atoms with Crippen LogP contribution in [0.5, 0.6) is 0 Å². The molecule has 0 radical (unpaired) electrons. The van der Waals surface area contributed by atoms with Crippen LogP contribution in [0.4, 0.5) is 0 Å². The molecule has 0 aromatic carbocycles. The molecule has 1 amide bonds. The number of hydrogen-bond donors (Lipinski definition) is 1. The van der Waals surface area contributed by atoms with E-state index in [0.717, 1.165) is 30.5 Å². The molecule has 1 N–H and O–H groups in total. The van der Waals surface area contributed by atoms with Crippen molar-refractivity contribution in [1.29, 1.82) is 0 Å². The lowest BCUT2D eigenvalue weighted by molar-refractivity contribution is -0.116. The standard InChI is InChI=1S/C7H8N2O/c10-7-5-3-1-2-4-6(5)8-9-7/h3H,1-2,4H2,(H,9,10). The van der Waals surface area contributed by atoms with Crippen molar-refractivity contribution in [1.82, 2.24) is 5.43 Å². The van der Waals surface area contributed by atoms with E-state index in [4.69, 9.17) is 0 Å². The van der Waals surface area contributed by atoms with Crippen LogP contribution < -0.4 is 5.43 Å². The fourth-order valence-electron chi connectivity index (χ4n) is 1.29. The highest BCUT2D eigenvalue weighted by Gasteiger charge is 2.23. The van der Waals surface area contributed by atoms with E-state index in [-0.39, 0.29) is 5.91 Å². The Hall–Kier alpha value is -1.12. The Morgan fingerprint density at radius 2 is 2.50 bits per heavy atom. The smallest absolute Gasteiger partial charge is 0.267 e. The Morgan fingerprint density at radius 3 is 3.30 bits per heavy atom. The number of carbonyl (C=O) groups is 1. The minimum Gasteiger partial charge on any atom is -0.267 e. The zero-order chi connectivity index (χ0) is 6.97. The zero-order valence-corrected chi connectivity index (χ0v) is 5.55. The van der Waals surface area contributed by atoms with E-state index in [2.05, 4.69) is 10.5 Å². The van der Waals surface area contributed by atoms with Crippen LogP contribution in [0.1, 0.15) is 19.3 Å². The predicted molar refractivity (Wildman–Crippen MR) is 37.5 cm³/mol. The molecule has 3 nitrogen and oxygen atoms in total. The topological polar surface area (TPSA) is 41.5 Å². The number of nitrogens with zero attached hydrogens (tertiary/aromatic N) is 1. The summed E-state index contributed by atoms with van der Waals surface area (Å²) < 4.78 is 0. The molecule has 0 spiro atoms. The Bertz CT molecular complexity index is 240. The average Bonchev–Trinajstić information content (AvgIpc) is 2.34.